The van der Waals surface area contributed by atoms with Gasteiger partial charge in [-0.3, -0.25) is 4.79 Å². The number of carbonyl (C=O) groups is 1. The molecule has 1 heterocycles. The molecule has 1 fully saturated rings. The van der Waals surface area contributed by atoms with E-state index in [1.807, 2.05) is 25.1 Å². The van der Waals surface area contributed by atoms with Crippen molar-refractivity contribution in [1.29, 1.82) is 0 Å². The molecule has 26 heavy (non-hydrogen) atoms. The van der Waals surface area contributed by atoms with Crippen molar-refractivity contribution in [2.45, 2.75) is 39.3 Å². The van der Waals surface area contributed by atoms with E-state index in [-0.39, 0.29) is 36.5 Å². The van der Waals surface area contributed by atoms with E-state index < -0.39 is 0 Å². The van der Waals surface area contributed by atoms with Gasteiger partial charge in [-0.1, -0.05) is 13.0 Å². The van der Waals surface area contributed by atoms with Crippen LogP contribution in [0.25, 0.3) is 0 Å². The number of nitrogens with zero attached hydrogens (tertiary/aromatic N) is 1. The highest BCUT2D eigenvalue weighted by Gasteiger charge is 2.21. The van der Waals surface area contributed by atoms with Crippen LogP contribution < -0.4 is 10.6 Å². The molecule has 2 N–H and O–H groups in total. The van der Waals surface area contributed by atoms with Crippen molar-refractivity contribution < 1.29 is 9.18 Å². The number of benzene rings is 1. The number of piperidine rings is 1. The Bertz CT molecular complexity index is 552. The Hall–Kier alpha value is -0.880. The number of nitrogens with one attached hydrogen (secondary N) is 2. The van der Waals surface area contributed by atoms with Crippen LogP contribution in [0.5, 0.6) is 0 Å². The first-order valence-corrected chi connectivity index (χ1v) is 8.85. The first-order valence-electron chi connectivity index (χ1n) is 8.85. The Morgan fingerprint density at radius 3 is 2.73 bits per heavy atom. The zero-order valence-corrected chi connectivity index (χ0v) is 17.5. The van der Waals surface area contributed by atoms with Gasteiger partial charge >= 0.3 is 0 Å². The van der Waals surface area contributed by atoms with E-state index in [9.17, 15) is 9.18 Å². The summed E-state index contributed by atoms with van der Waals surface area (Å²) < 4.78 is 13.8. The lowest BCUT2D eigenvalue weighted by Crippen LogP contribution is -2.35. The average Bonchev–Trinajstić information content (AvgIpc) is 2.56. The summed E-state index contributed by atoms with van der Waals surface area (Å²) >= 11 is 0. The van der Waals surface area contributed by atoms with Gasteiger partial charge in [-0.15, -0.1) is 24.8 Å². The van der Waals surface area contributed by atoms with E-state index in [0.717, 1.165) is 18.7 Å². The molecule has 0 radical (unpaired) electrons. The zero-order valence-electron chi connectivity index (χ0n) is 15.9. The van der Waals surface area contributed by atoms with Crippen molar-refractivity contribution >= 4 is 30.7 Å². The molecule has 2 rings (SSSR count). The largest absolute Gasteiger partial charge is 0.352 e. The van der Waals surface area contributed by atoms with Gasteiger partial charge in [0.05, 0.1) is 0 Å². The molecule has 2 atom stereocenters. The fourth-order valence-electron chi connectivity index (χ4n) is 3.30. The maximum absolute atomic E-state index is 13.8. The van der Waals surface area contributed by atoms with Gasteiger partial charge in [-0.05, 0) is 69.6 Å². The number of hydrogen-bond acceptors (Lipinski definition) is 3. The van der Waals surface area contributed by atoms with Crippen LogP contribution >= 0.6 is 24.8 Å². The monoisotopic (exact) mass is 407 g/mol. The molecular weight excluding hydrogens is 376 g/mol. The van der Waals surface area contributed by atoms with Crippen LogP contribution in [0.2, 0.25) is 0 Å². The quantitative estimate of drug-likeness (QED) is 0.727. The molecule has 1 aromatic carbocycles. The molecule has 1 aliphatic rings. The molecule has 4 nitrogen and oxygen atoms in total. The second kappa shape index (κ2) is 12.5. The highest BCUT2D eigenvalue weighted by atomic mass is 35.5. The summed E-state index contributed by atoms with van der Waals surface area (Å²) in [6.45, 7) is 5.27. The van der Waals surface area contributed by atoms with Crippen LogP contribution in [0, 0.1) is 17.7 Å². The van der Waals surface area contributed by atoms with Gasteiger partial charge in [0.15, 0.2) is 0 Å². The lowest BCUT2D eigenvalue weighted by Gasteiger charge is -2.28. The standard InChI is InChI=1S/C19H30FN3O.2ClH/c1-14(16-5-4-8-21-12-16)9-19(24)22-11-15-6-7-18(20)17(10-15)13-23(2)3;;/h6-7,10,14,16,21H,4-5,8-9,11-13H2,1-3H3,(H,22,24);2*1H. The highest BCUT2D eigenvalue weighted by molar-refractivity contribution is 5.85. The normalized spacial score (nSPS) is 17.8. The van der Waals surface area contributed by atoms with Crippen LogP contribution in [0.15, 0.2) is 18.2 Å². The van der Waals surface area contributed by atoms with E-state index >= 15 is 0 Å². The van der Waals surface area contributed by atoms with Crippen LogP contribution in [0.1, 0.15) is 37.3 Å². The predicted molar refractivity (Wildman–Crippen MR) is 110 cm³/mol. The van der Waals surface area contributed by atoms with Crippen molar-refractivity contribution in [2.24, 2.45) is 11.8 Å². The van der Waals surface area contributed by atoms with Gasteiger partial charge in [0.25, 0.3) is 0 Å². The summed E-state index contributed by atoms with van der Waals surface area (Å²) in [5, 5.41) is 6.38. The van der Waals surface area contributed by atoms with Gasteiger partial charge in [0, 0.05) is 25.1 Å². The molecule has 1 aliphatic heterocycles. The maximum Gasteiger partial charge on any atom is 0.220 e. The number of hydrogen-bond donors (Lipinski definition) is 2. The third-order valence-electron chi connectivity index (χ3n) is 4.73. The number of carbonyl (C=O) groups excluding carboxylic acids is 1. The molecular formula is C19H32Cl2FN3O. The summed E-state index contributed by atoms with van der Waals surface area (Å²) in [6.07, 6.45) is 2.95. The van der Waals surface area contributed by atoms with Gasteiger partial charge in [0.2, 0.25) is 5.91 Å². The van der Waals surface area contributed by atoms with Gasteiger partial charge in [-0.2, -0.15) is 0 Å². The molecule has 1 amide bonds. The fraction of sp³-hybridized carbons (Fsp3) is 0.632. The minimum atomic E-state index is -0.197. The van der Waals surface area contributed by atoms with Crippen LogP contribution in [0.4, 0.5) is 4.39 Å². The lowest BCUT2D eigenvalue weighted by atomic mass is 9.85. The fourth-order valence-corrected chi connectivity index (χ4v) is 3.30. The second-order valence-corrected chi connectivity index (χ2v) is 7.23. The Kier molecular flexibility index (Phi) is 12.1. The summed E-state index contributed by atoms with van der Waals surface area (Å²) in [6, 6.07) is 5.06. The summed E-state index contributed by atoms with van der Waals surface area (Å²) in [5.41, 5.74) is 1.60. The van der Waals surface area contributed by atoms with E-state index in [2.05, 4.69) is 17.6 Å². The predicted octanol–water partition coefficient (Wildman–Crippen LogP) is 3.37. The molecule has 2 unspecified atom stereocenters. The minimum absolute atomic E-state index is 0. The Morgan fingerprint density at radius 1 is 1.38 bits per heavy atom. The van der Waals surface area contributed by atoms with Crippen molar-refractivity contribution in [1.82, 2.24) is 15.5 Å². The molecule has 0 bridgehead atoms. The molecule has 0 aromatic heterocycles. The van der Waals surface area contributed by atoms with E-state index in [1.54, 1.807) is 6.07 Å². The van der Waals surface area contributed by atoms with Crippen LogP contribution in [-0.4, -0.2) is 38.0 Å². The van der Waals surface area contributed by atoms with Gasteiger partial charge in [-0.25, -0.2) is 4.39 Å². The molecule has 150 valence electrons. The van der Waals surface area contributed by atoms with E-state index in [0.29, 0.717) is 36.9 Å². The van der Waals surface area contributed by atoms with Crippen LogP contribution in [-0.2, 0) is 17.9 Å². The lowest BCUT2D eigenvalue weighted by molar-refractivity contribution is -0.122. The maximum atomic E-state index is 13.8. The summed E-state index contributed by atoms with van der Waals surface area (Å²) in [4.78, 5) is 14.1. The first kappa shape index (κ1) is 25.1. The SMILES string of the molecule is CC(CC(=O)NCc1ccc(F)c(CN(C)C)c1)C1CCCNC1.Cl.Cl. The van der Waals surface area contributed by atoms with Crippen molar-refractivity contribution in [3.63, 3.8) is 0 Å². The van der Waals surface area contributed by atoms with Crippen LogP contribution in [0.3, 0.4) is 0 Å². The summed E-state index contributed by atoms with van der Waals surface area (Å²) in [5.74, 6) is 0.848. The first-order chi connectivity index (χ1) is 11.5. The summed E-state index contributed by atoms with van der Waals surface area (Å²) in [7, 11) is 3.82. The molecule has 1 saturated heterocycles. The molecule has 0 spiro atoms. The highest BCUT2D eigenvalue weighted by Crippen LogP contribution is 2.22. The third-order valence-corrected chi connectivity index (χ3v) is 4.73. The molecule has 0 saturated carbocycles. The number of halogens is 3. The number of rotatable bonds is 7. The van der Waals surface area contributed by atoms with Crippen molar-refractivity contribution in [3.05, 3.63) is 35.1 Å². The second-order valence-electron chi connectivity index (χ2n) is 7.23. The Balaban J connectivity index is 0.00000312. The smallest absolute Gasteiger partial charge is 0.220 e. The Labute approximate surface area is 169 Å². The Morgan fingerprint density at radius 2 is 2.12 bits per heavy atom. The molecule has 0 aliphatic carbocycles. The average molecular weight is 408 g/mol. The zero-order chi connectivity index (χ0) is 17.5. The van der Waals surface area contributed by atoms with Gasteiger partial charge < -0.3 is 15.5 Å². The van der Waals surface area contributed by atoms with Crippen molar-refractivity contribution in [3.8, 4) is 0 Å². The van der Waals surface area contributed by atoms with Gasteiger partial charge in [0.1, 0.15) is 5.82 Å². The van der Waals surface area contributed by atoms with E-state index in [1.165, 1.54) is 18.9 Å². The molecule has 1 aromatic rings. The molecule has 7 heteroatoms. The third kappa shape index (κ3) is 8.21. The number of amides is 1. The van der Waals surface area contributed by atoms with E-state index in [4.69, 9.17) is 0 Å². The van der Waals surface area contributed by atoms with Crippen molar-refractivity contribution in [2.75, 3.05) is 27.2 Å². The topological polar surface area (TPSA) is 44.4 Å². The minimum Gasteiger partial charge on any atom is -0.352 e.